The molecule has 198 valence electrons. The summed E-state index contributed by atoms with van der Waals surface area (Å²) in [5, 5.41) is 9.58. The van der Waals surface area contributed by atoms with E-state index in [-0.39, 0.29) is 18.0 Å². The first-order valence-corrected chi connectivity index (χ1v) is 13.3. The van der Waals surface area contributed by atoms with Gasteiger partial charge in [0.05, 0.1) is 28.0 Å². The molecule has 0 spiro atoms. The lowest BCUT2D eigenvalue weighted by Crippen LogP contribution is -2.40. The molecule has 2 fully saturated rings. The van der Waals surface area contributed by atoms with E-state index in [1.165, 1.54) is 6.33 Å². The van der Waals surface area contributed by atoms with Crippen molar-refractivity contribution in [2.45, 2.75) is 37.8 Å². The van der Waals surface area contributed by atoms with Crippen LogP contribution in [0.2, 0.25) is 5.02 Å². The number of fused-ring (bicyclic) bond motifs is 1. The van der Waals surface area contributed by atoms with Gasteiger partial charge in [0.1, 0.15) is 11.8 Å². The van der Waals surface area contributed by atoms with Crippen molar-refractivity contribution in [1.82, 2.24) is 29.3 Å². The highest BCUT2D eigenvalue weighted by atomic mass is 35.5. The molecule has 0 radical (unpaired) electrons. The van der Waals surface area contributed by atoms with Gasteiger partial charge in [-0.15, -0.1) is 0 Å². The number of carbonyl (C=O) groups is 1. The van der Waals surface area contributed by atoms with Crippen LogP contribution in [-0.4, -0.2) is 74.7 Å². The summed E-state index contributed by atoms with van der Waals surface area (Å²) in [5.41, 5.74) is 10.9. The van der Waals surface area contributed by atoms with Gasteiger partial charge in [0, 0.05) is 56.8 Å². The van der Waals surface area contributed by atoms with Crippen LogP contribution in [-0.2, 0) is 9.47 Å². The van der Waals surface area contributed by atoms with Crippen molar-refractivity contribution in [3.8, 4) is 22.5 Å². The number of nitrogens with zero attached hydrogens (tertiary/aromatic N) is 6. The molecule has 0 bridgehead atoms. The summed E-state index contributed by atoms with van der Waals surface area (Å²) < 4.78 is 14.8. The van der Waals surface area contributed by atoms with E-state index < -0.39 is 0 Å². The van der Waals surface area contributed by atoms with Gasteiger partial charge in [-0.3, -0.25) is 9.48 Å². The Hall–Kier alpha value is -3.47. The van der Waals surface area contributed by atoms with Gasteiger partial charge in [0.25, 0.3) is 5.91 Å². The van der Waals surface area contributed by atoms with Gasteiger partial charge < -0.3 is 20.1 Å². The average molecular weight is 536 g/mol. The minimum atomic E-state index is -0.114. The molecule has 11 heteroatoms. The SMILES string of the molecule is CN(C(=O)c1cc(-c2cc(-c3ccnn3C3CCOCC3)c3c(N)ncnn23)ccc1Cl)C1CCOCC1. The Bertz CT molecular complexity index is 1470. The van der Waals surface area contributed by atoms with Crippen LogP contribution in [0.3, 0.4) is 0 Å². The predicted molar refractivity (Wildman–Crippen MR) is 144 cm³/mol. The predicted octanol–water partition coefficient (Wildman–Crippen LogP) is 4.10. The minimum absolute atomic E-state index is 0.114. The Kier molecular flexibility index (Phi) is 6.77. The molecule has 10 nitrogen and oxygen atoms in total. The van der Waals surface area contributed by atoms with Gasteiger partial charge in [-0.25, -0.2) is 9.50 Å². The Labute approximate surface area is 225 Å². The van der Waals surface area contributed by atoms with Crippen LogP contribution < -0.4 is 5.73 Å². The van der Waals surface area contributed by atoms with Crippen LogP contribution in [0.4, 0.5) is 5.82 Å². The van der Waals surface area contributed by atoms with Crippen LogP contribution in [0.15, 0.2) is 42.9 Å². The van der Waals surface area contributed by atoms with Crippen molar-refractivity contribution in [3.05, 3.63) is 53.4 Å². The van der Waals surface area contributed by atoms with Crippen LogP contribution in [0.5, 0.6) is 0 Å². The number of benzene rings is 1. The van der Waals surface area contributed by atoms with Gasteiger partial charge in [-0.05, 0) is 49.9 Å². The molecule has 0 atom stereocenters. The minimum Gasteiger partial charge on any atom is -0.382 e. The molecule has 3 aromatic heterocycles. The smallest absolute Gasteiger partial charge is 0.255 e. The van der Waals surface area contributed by atoms with Crippen LogP contribution in [0.25, 0.3) is 28.0 Å². The van der Waals surface area contributed by atoms with Gasteiger partial charge in [-0.2, -0.15) is 10.2 Å². The number of rotatable bonds is 5. The van der Waals surface area contributed by atoms with E-state index >= 15 is 0 Å². The van der Waals surface area contributed by atoms with Gasteiger partial charge >= 0.3 is 0 Å². The molecule has 38 heavy (non-hydrogen) atoms. The number of amides is 1. The molecular formula is C27H30ClN7O3. The molecule has 4 aromatic rings. The zero-order valence-electron chi connectivity index (χ0n) is 21.2. The number of carbonyl (C=O) groups excluding carboxylic acids is 1. The Morgan fingerprint density at radius 3 is 2.53 bits per heavy atom. The fraction of sp³-hybridized carbons (Fsp3) is 0.407. The topological polar surface area (TPSA) is 113 Å². The lowest BCUT2D eigenvalue weighted by atomic mass is 10.0. The molecule has 0 unspecified atom stereocenters. The standard InChI is InChI=1S/C27H30ClN7O3/c1-33(18-5-10-37-11-6-18)27(36)20-14-17(2-3-22(20)28)24-15-21(25-26(29)30-16-32-35(24)25)23-4-9-31-34(23)19-7-12-38-13-8-19/h2-4,9,14-16,18-19H,5-8,10-13H2,1H3,(H2,29,30,32). The van der Waals surface area contributed by atoms with Crippen molar-refractivity contribution < 1.29 is 14.3 Å². The van der Waals surface area contributed by atoms with Crippen molar-refractivity contribution in [2.24, 2.45) is 0 Å². The van der Waals surface area contributed by atoms with E-state index in [0.29, 0.717) is 48.3 Å². The van der Waals surface area contributed by atoms with Gasteiger partial charge in [0.15, 0.2) is 5.82 Å². The maximum atomic E-state index is 13.5. The average Bonchev–Trinajstić information content (AvgIpc) is 3.59. The highest BCUT2D eigenvalue weighted by Crippen LogP contribution is 2.37. The lowest BCUT2D eigenvalue weighted by molar-refractivity contribution is 0.0362. The van der Waals surface area contributed by atoms with E-state index in [2.05, 4.69) is 15.2 Å². The molecular weight excluding hydrogens is 506 g/mol. The normalized spacial score (nSPS) is 17.2. The number of nitrogen functional groups attached to an aromatic ring is 1. The largest absolute Gasteiger partial charge is 0.382 e. The molecule has 2 saturated heterocycles. The second-order valence-corrected chi connectivity index (χ2v) is 10.2. The molecule has 2 aliphatic rings. The summed E-state index contributed by atoms with van der Waals surface area (Å²) in [6, 6.07) is 9.87. The summed E-state index contributed by atoms with van der Waals surface area (Å²) in [5.74, 6) is 0.252. The van der Waals surface area contributed by atoms with Gasteiger partial charge in [0.2, 0.25) is 0 Å². The van der Waals surface area contributed by atoms with Crippen molar-refractivity contribution in [1.29, 1.82) is 0 Å². The third kappa shape index (κ3) is 4.42. The third-order valence-corrected chi connectivity index (χ3v) is 7.95. The number of ether oxygens (including phenoxy) is 2. The Morgan fingerprint density at radius 2 is 1.76 bits per heavy atom. The molecule has 1 amide bonds. The van der Waals surface area contributed by atoms with Crippen LogP contribution in [0.1, 0.15) is 42.1 Å². The second-order valence-electron chi connectivity index (χ2n) is 9.81. The van der Waals surface area contributed by atoms with E-state index in [0.717, 1.165) is 48.2 Å². The molecule has 2 aliphatic heterocycles. The van der Waals surface area contributed by atoms with E-state index in [4.69, 9.17) is 26.8 Å². The molecule has 6 rings (SSSR count). The quantitative estimate of drug-likeness (QED) is 0.409. The number of nitrogens with two attached hydrogens (primary N) is 1. The van der Waals surface area contributed by atoms with Crippen molar-refractivity contribution in [3.63, 3.8) is 0 Å². The van der Waals surface area contributed by atoms with Crippen LogP contribution in [0, 0.1) is 0 Å². The first kappa shape index (κ1) is 24.8. The van der Waals surface area contributed by atoms with E-state index in [1.54, 1.807) is 21.7 Å². The third-order valence-electron chi connectivity index (χ3n) is 7.62. The number of anilines is 1. The van der Waals surface area contributed by atoms with Crippen LogP contribution >= 0.6 is 11.6 Å². The zero-order chi connectivity index (χ0) is 26.2. The van der Waals surface area contributed by atoms with E-state index in [1.807, 2.05) is 36.0 Å². The van der Waals surface area contributed by atoms with Crippen molar-refractivity contribution >= 4 is 28.8 Å². The second kappa shape index (κ2) is 10.4. The maximum Gasteiger partial charge on any atom is 0.255 e. The number of halogens is 1. The lowest BCUT2D eigenvalue weighted by Gasteiger charge is -2.31. The van der Waals surface area contributed by atoms with E-state index in [9.17, 15) is 4.79 Å². The van der Waals surface area contributed by atoms with Gasteiger partial charge in [-0.1, -0.05) is 17.7 Å². The molecule has 0 aliphatic carbocycles. The fourth-order valence-electron chi connectivity index (χ4n) is 5.49. The number of hydrogen-bond donors (Lipinski definition) is 1. The summed E-state index contributed by atoms with van der Waals surface area (Å²) >= 11 is 6.55. The summed E-state index contributed by atoms with van der Waals surface area (Å²) in [6.07, 6.45) is 6.64. The summed E-state index contributed by atoms with van der Waals surface area (Å²) in [6.45, 7) is 2.73. The first-order chi connectivity index (χ1) is 18.5. The Morgan fingerprint density at radius 1 is 1.03 bits per heavy atom. The first-order valence-electron chi connectivity index (χ1n) is 12.9. The Balaban J connectivity index is 1.43. The summed E-state index contributed by atoms with van der Waals surface area (Å²) in [4.78, 5) is 19.5. The number of hydrogen-bond acceptors (Lipinski definition) is 7. The monoisotopic (exact) mass is 535 g/mol. The maximum absolute atomic E-state index is 13.5. The zero-order valence-corrected chi connectivity index (χ0v) is 22.0. The van der Waals surface area contributed by atoms with Crippen molar-refractivity contribution in [2.75, 3.05) is 39.2 Å². The molecule has 0 saturated carbocycles. The number of aromatic nitrogens is 5. The fourth-order valence-corrected chi connectivity index (χ4v) is 5.69. The summed E-state index contributed by atoms with van der Waals surface area (Å²) in [7, 11) is 1.83. The highest BCUT2D eigenvalue weighted by molar-refractivity contribution is 6.34. The molecule has 1 aromatic carbocycles. The highest BCUT2D eigenvalue weighted by Gasteiger charge is 2.27. The molecule has 5 heterocycles. The molecule has 2 N–H and O–H groups in total.